The van der Waals surface area contributed by atoms with Gasteiger partial charge in [0.25, 0.3) is 0 Å². The number of nitrogens with zero attached hydrogens (tertiary/aromatic N) is 1. The summed E-state index contributed by atoms with van der Waals surface area (Å²) in [6.45, 7) is 10.8. The van der Waals surface area contributed by atoms with Crippen LogP contribution in [-0.4, -0.2) is 39.5 Å². The largest absolute Gasteiger partial charge is 0.398 e. The third-order valence-electron chi connectivity index (χ3n) is 3.61. The van der Waals surface area contributed by atoms with Crippen molar-refractivity contribution in [1.82, 2.24) is 9.62 Å². The molecule has 0 fully saturated rings. The van der Waals surface area contributed by atoms with E-state index in [9.17, 15) is 8.42 Å². The van der Waals surface area contributed by atoms with Gasteiger partial charge in [0.1, 0.15) is 0 Å². The average molecular weight is 299 g/mol. The number of nitrogen functional groups attached to an aromatic ring is 1. The van der Waals surface area contributed by atoms with Gasteiger partial charge in [-0.15, -0.1) is 0 Å². The predicted molar refractivity (Wildman–Crippen MR) is 83.3 cm³/mol. The highest BCUT2D eigenvalue weighted by molar-refractivity contribution is 7.89. The van der Waals surface area contributed by atoms with Crippen LogP contribution in [0.2, 0.25) is 0 Å². The molecule has 0 saturated heterocycles. The Morgan fingerprint density at radius 2 is 1.80 bits per heavy atom. The van der Waals surface area contributed by atoms with Crippen molar-refractivity contribution in [3.05, 3.63) is 23.3 Å². The van der Waals surface area contributed by atoms with Gasteiger partial charge < -0.3 is 10.6 Å². The van der Waals surface area contributed by atoms with E-state index < -0.39 is 10.0 Å². The molecular weight excluding hydrogens is 274 g/mol. The minimum absolute atomic E-state index is 0.234. The monoisotopic (exact) mass is 299 g/mol. The number of benzene rings is 1. The first-order chi connectivity index (χ1) is 9.31. The summed E-state index contributed by atoms with van der Waals surface area (Å²) in [5.41, 5.74) is 8.15. The maximum Gasteiger partial charge on any atom is 0.240 e. The maximum atomic E-state index is 12.2. The zero-order valence-corrected chi connectivity index (χ0v) is 13.5. The van der Waals surface area contributed by atoms with Crippen LogP contribution in [0.4, 0.5) is 5.69 Å². The molecule has 0 atom stereocenters. The van der Waals surface area contributed by atoms with E-state index in [0.717, 1.165) is 24.2 Å². The zero-order valence-electron chi connectivity index (χ0n) is 12.7. The van der Waals surface area contributed by atoms with Gasteiger partial charge in [0.05, 0.1) is 4.90 Å². The van der Waals surface area contributed by atoms with Crippen molar-refractivity contribution in [1.29, 1.82) is 0 Å². The van der Waals surface area contributed by atoms with Crippen molar-refractivity contribution in [2.75, 3.05) is 31.9 Å². The van der Waals surface area contributed by atoms with Gasteiger partial charge in [-0.25, -0.2) is 13.1 Å². The first-order valence-corrected chi connectivity index (χ1v) is 8.38. The number of hydrogen-bond donors (Lipinski definition) is 2. The van der Waals surface area contributed by atoms with E-state index in [4.69, 9.17) is 5.73 Å². The number of anilines is 1. The summed E-state index contributed by atoms with van der Waals surface area (Å²) in [5.74, 6) is 0. The van der Waals surface area contributed by atoms with Crippen LogP contribution >= 0.6 is 0 Å². The van der Waals surface area contributed by atoms with Gasteiger partial charge in [0.2, 0.25) is 10.0 Å². The zero-order chi connectivity index (χ0) is 15.3. The number of nitrogens with two attached hydrogens (primary N) is 1. The SMILES string of the molecule is CCN(CC)CCNS(=O)(=O)c1cc(C)c(C)c(N)c1. The van der Waals surface area contributed by atoms with Crippen LogP contribution in [-0.2, 0) is 10.0 Å². The molecule has 0 saturated carbocycles. The van der Waals surface area contributed by atoms with Crippen LogP contribution in [0.3, 0.4) is 0 Å². The van der Waals surface area contributed by atoms with Crippen molar-refractivity contribution < 1.29 is 8.42 Å². The Hall–Kier alpha value is -1.11. The summed E-state index contributed by atoms with van der Waals surface area (Å²) in [6, 6.07) is 3.17. The minimum atomic E-state index is -3.49. The summed E-state index contributed by atoms with van der Waals surface area (Å²) >= 11 is 0. The Morgan fingerprint density at radius 3 is 2.30 bits per heavy atom. The number of sulfonamides is 1. The van der Waals surface area contributed by atoms with Crippen LogP contribution in [0.5, 0.6) is 0 Å². The van der Waals surface area contributed by atoms with Crippen molar-refractivity contribution >= 4 is 15.7 Å². The van der Waals surface area contributed by atoms with Gasteiger partial charge in [-0.2, -0.15) is 0 Å². The van der Waals surface area contributed by atoms with E-state index in [1.807, 2.05) is 13.8 Å². The number of likely N-dealkylation sites (N-methyl/N-ethyl adjacent to an activating group) is 1. The summed E-state index contributed by atoms with van der Waals surface area (Å²) in [7, 11) is -3.49. The number of aryl methyl sites for hydroxylation is 1. The summed E-state index contributed by atoms with van der Waals surface area (Å²) in [6.07, 6.45) is 0. The normalized spacial score (nSPS) is 12.1. The van der Waals surface area contributed by atoms with E-state index in [0.29, 0.717) is 18.8 Å². The van der Waals surface area contributed by atoms with Gasteiger partial charge in [-0.3, -0.25) is 0 Å². The molecule has 1 aromatic rings. The fourth-order valence-corrected chi connectivity index (χ4v) is 3.11. The second kappa shape index (κ2) is 7.06. The highest BCUT2D eigenvalue weighted by atomic mass is 32.2. The molecule has 5 nitrogen and oxygen atoms in total. The molecule has 1 rings (SSSR count). The minimum Gasteiger partial charge on any atom is -0.398 e. The first kappa shape index (κ1) is 16.9. The fourth-order valence-electron chi connectivity index (χ4n) is 1.97. The Morgan fingerprint density at radius 1 is 1.20 bits per heavy atom. The average Bonchev–Trinajstić information content (AvgIpc) is 2.40. The molecule has 20 heavy (non-hydrogen) atoms. The molecule has 0 aliphatic rings. The van der Waals surface area contributed by atoms with E-state index in [2.05, 4.69) is 23.5 Å². The van der Waals surface area contributed by atoms with Crippen LogP contribution in [0.1, 0.15) is 25.0 Å². The second-order valence-electron chi connectivity index (χ2n) is 4.88. The second-order valence-corrected chi connectivity index (χ2v) is 6.65. The fraction of sp³-hybridized carbons (Fsp3) is 0.571. The first-order valence-electron chi connectivity index (χ1n) is 6.90. The van der Waals surface area contributed by atoms with Crippen molar-refractivity contribution in [2.45, 2.75) is 32.6 Å². The highest BCUT2D eigenvalue weighted by Crippen LogP contribution is 2.21. The van der Waals surface area contributed by atoms with E-state index in [1.165, 1.54) is 6.07 Å². The molecule has 6 heteroatoms. The van der Waals surface area contributed by atoms with Crippen LogP contribution in [0.15, 0.2) is 17.0 Å². The molecule has 0 radical (unpaired) electrons. The van der Waals surface area contributed by atoms with E-state index >= 15 is 0 Å². The molecule has 0 aliphatic carbocycles. The van der Waals surface area contributed by atoms with Crippen LogP contribution in [0.25, 0.3) is 0 Å². The van der Waals surface area contributed by atoms with Crippen molar-refractivity contribution in [2.24, 2.45) is 0 Å². The van der Waals surface area contributed by atoms with E-state index in [1.54, 1.807) is 6.07 Å². The topological polar surface area (TPSA) is 75.4 Å². The molecule has 114 valence electrons. The lowest BCUT2D eigenvalue weighted by atomic mass is 10.1. The van der Waals surface area contributed by atoms with Crippen LogP contribution in [0, 0.1) is 13.8 Å². The highest BCUT2D eigenvalue weighted by Gasteiger charge is 2.16. The quantitative estimate of drug-likeness (QED) is 0.748. The molecule has 3 N–H and O–H groups in total. The molecule has 0 amide bonds. The summed E-state index contributed by atoms with van der Waals surface area (Å²) in [5, 5.41) is 0. The number of nitrogens with one attached hydrogen (secondary N) is 1. The molecule has 0 heterocycles. The lowest BCUT2D eigenvalue weighted by Crippen LogP contribution is -2.34. The van der Waals surface area contributed by atoms with E-state index in [-0.39, 0.29) is 4.90 Å². The number of hydrogen-bond acceptors (Lipinski definition) is 4. The standard InChI is InChI=1S/C14H25N3O2S/c1-5-17(6-2)8-7-16-20(18,19)13-9-11(3)12(4)14(15)10-13/h9-10,16H,5-8,15H2,1-4H3. The Bertz CT molecular complexity index is 529. The Labute approximate surface area is 122 Å². The third kappa shape index (κ3) is 4.19. The number of rotatable bonds is 7. The third-order valence-corrected chi connectivity index (χ3v) is 5.05. The maximum absolute atomic E-state index is 12.2. The smallest absolute Gasteiger partial charge is 0.240 e. The lowest BCUT2D eigenvalue weighted by Gasteiger charge is -2.18. The lowest BCUT2D eigenvalue weighted by molar-refractivity contribution is 0.309. The molecule has 0 spiro atoms. The molecule has 0 bridgehead atoms. The van der Waals surface area contributed by atoms with Crippen LogP contribution < -0.4 is 10.5 Å². The molecular formula is C14H25N3O2S. The Kier molecular flexibility index (Phi) is 5.98. The predicted octanol–water partition coefficient (Wildman–Crippen LogP) is 1.51. The van der Waals surface area contributed by atoms with Gasteiger partial charge >= 0.3 is 0 Å². The van der Waals surface area contributed by atoms with Crippen molar-refractivity contribution in [3.8, 4) is 0 Å². The summed E-state index contributed by atoms with van der Waals surface area (Å²) < 4.78 is 27.1. The van der Waals surface area contributed by atoms with Gasteiger partial charge in [-0.05, 0) is 50.2 Å². The van der Waals surface area contributed by atoms with Gasteiger partial charge in [-0.1, -0.05) is 13.8 Å². The Balaban J connectivity index is 2.79. The molecule has 0 unspecified atom stereocenters. The molecule has 0 aliphatic heterocycles. The summed E-state index contributed by atoms with van der Waals surface area (Å²) in [4.78, 5) is 2.40. The van der Waals surface area contributed by atoms with Gasteiger partial charge in [0, 0.05) is 18.8 Å². The molecule has 0 aromatic heterocycles. The molecule has 1 aromatic carbocycles. The van der Waals surface area contributed by atoms with Crippen molar-refractivity contribution in [3.63, 3.8) is 0 Å². The van der Waals surface area contributed by atoms with Gasteiger partial charge in [0.15, 0.2) is 0 Å².